The summed E-state index contributed by atoms with van der Waals surface area (Å²) in [5.41, 5.74) is 7.42. The summed E-state index contributed by atoms with van der Waals surface area (Å²) in [6, 6.07) is 16.2. The van der Waals surface area contributed by atoms with E-state index in [4.69, 9.17) is 5.73 Å². The SMILES string of the molecule is Nc1nc(N(Br)c2ccccc2)c2cc(-c3ccc(F)c(F)c3F)ccc2n1. The molecule has 140 valence electrons. The number of nitrogens with zero attached hydrogens (tertiary/aromatic N) is 3. The number of fused-ring (bicyclic) bond motifs is 1. The first kappa shape index (κ1) is 18.2. The smallest absolute Gasteiger partial charge is 0.222 e. The molecule has 0 radical (unpaired) electrons. The summed E-state index contributed by atoms with van der Waals surface area (Å²) in [5.74, 6) is -3.52. The van der Waals surface area contributed by atoms with Crippen LogP contribution < -0.4 is 9.66 Å². The zero-order valence-corrected chi connectivity index (χ0v) is 15.8. The number of rotatable bonds is 3. The molecular weight excluding hydrogens is 433 g/mol. The second kappa shape index (κ2) is 7.12. The molecule has 0 bridgehead atoms. The van der Waals surface area contributed by atoms with Gasteiger partial charge in [0.05, 0.1) is 27.4 Å². The fourth-order valence-corrected chi connectivity index (χ4v) is 3.38. The fraction of sp³-hybridized carbons (Fsp3) is 0. The van der Waals surface area contributed by atoms with Crippen LogP contribution in [0, 0.1) is 17.5 Å². The van der Waals surface area contributed by atoms with Gasteiger partial charge in [-0.05, 0) is 42.0 Å². The van der Waals surface area contributed by atoms with Crippen molar-refractivity contribution in [3.63, 3.8) is 0 Å². The lowest BCUT2D eigenvalue weighted by molar-refractivity contribution is 0.449. The van der Waals surface area contributed by atoms with Gasteiger partial charge in [-0.3, -0.25) is 3.93 Å². The molecular formula is C20H12BrF3N4. The molecule has 4 nitrogen and oxygen atoms in total. The fourth-order valence-electron chi connectivity index (χ4n) is 2.88. The summed E-state index contributed by atoms with van der Waals surface area (Å²) in [7, 11) is 0. The van der Waals surface area contributed by atoms with Gasteiger partial charge in [0.1, 0.15) is 0 Å². The van der Waals surface area contributed by atoms with E-state index in [2.05, 4.69) is 26.1 Å². The Hall–Kier alpha value is -3.13. The molecule has 0 spiro atoms. The first-order valence-corrected chi connectivity index (χ1v) is 8.88. The zero-order chi connectivity index (χ0) is 19.8. The van der Waals surface area contributed by atoms with Crippen LogP contribution >= 0.6 is 16.1 Å². The first-order chi connectivity index (χ1) is 13.5. The van der Waals surface area contributed by atoms with Gasteiger partial charge in [-0.15, -0.1) is 0 Å². The van der Waals surface area contributed by atoms with Crippen LogP contribution in [0.3, 0.4) is 0 Å². The molecule has 0 unspecified atom stereocenters. The Morgan fingerprint density at radius 2 is 1.61 bits per heavy atom. The maximum absolute atomic E-state index is 14.3. The molecule has 0 aliphatic rings. The average molecular weight is 445 g/mol. The predicted molar refractivity (Wildman–Crippen MR) is 107 cm³/mol. The molecule has 0 aliphatic heterocycles. The van der Waals surface area contributed by atoms with Crippen LogP contribution in [0.4, 0.5) is 30.6 Å². The molecule has 0 aliphatic carbocycles. The number of nitrogen functional groups attached to an aromatic ring is 1. The highest BCUT2D eigenvalue weighted by molar-refractivity contribution is 9.10. The Labute approximate surface area is 166 Å². The Kier molecular flexibility index (Phi) is 4.64. The second-order valence-electron chi connectivity index (χ2n) is 5.98. The van der Waals surface area contributed by atoms with Gasteiger partial charge in [0.25, 0.3) is 0 Å². The Balaban J connectivity index is 1.92. The molecule has 8 heteroatoms. The molecule has 4 rings (SSSR count). The van der Waals surface area contributed by atoms with E-state index in [0.29, 0.717) is 22.3 Å². The van der Waals surface area contributed by atoms with Gasteiger partial charge in [0.2, 0.25) is 5.95 Å². The number of anilines is 3. The third-order valence-corrected chi connectivity index (χ3v) is 4.95. The normalized spacial score (nSPS) is 11.0. The van der Waals surface area contributed by atoms with Crippen LogP contribution in [-0.2, 0) is 0 Å². The van der Waals surface area contributed by atoms with Crippen molar-refractivity contribution in [1.29, 1.82) is 0 Å². The van der Waals surface area contributed by atoms with E-state index in [9.17, 15) is 13.2 Å². The molecule has 3 aromatic carbocycles. The number of hydrogen-bond donors (Lipinski definition) is 1. The van der Waals surface area contributed by atoms with Gasteiger partial charge < -0.3 is 5.73 Å². The highest BCUT2D eigenvalue weighted by Crippen LogP contribution is 2.36. The minimum atomic E-state index is -1.52. The number of nitrogens with two attached hydrogens (primary N) is 1. The highest BCUT2D eigenvalue weighted by Gasteiger charge is 2.18. The van der Waals surface area contributed by atoms with Crippen LogP contribution in [-0.4, -0.2) is 9.97 Å². The van der Waals surface area contributed by atoms with Crippen molar-refractivity contribution in [2.75, 3.05) is 9.66 Å². The quantitative estimate of drug-likeness (QED) is 0.323. The van der Waals surface area contributed by atoms with Crippen molar-refractivity contribution in [2.45, 2.75) is 0 Å². The van der Waals surface area contributed by atoms with Crippen LogP contribution in [0.25, 0.3) is 22.0 Å². The largest absolute Gasteiger partial charge is 0.368 e. The van der Waals surface area contributed by atoms with Crippen molar-refractivity contribution in [2.24, 2.45) is 0 Å². The van der Waals surface area contributed by atoms with Crippen molar-refractivity contribution < 1.29 is 13.2 Å². The van der Waals surface area contributed by atoms with Gasteiger partial charge in [0, 0.05) is 10.9 Å². The molecule has 2 N–H and O–H groups in total. The van der Waals surface area contributed by atoms with E-state index in [1.165, 1.54) is 6.07 Å². The van der Waals surface area contributed by atoms with Crippen molar-refractivity contribution in [1.82, 2.24) is 9.97 Å². The lowest BCUT2D eigenvalue weighted by atomic mass is 10.0. The summed E-state index contributed by atoms with van der Waals surface area (Å²) in [5, 5.41) is 0.552. The van der Waals surface area contributed by atoms with Gasteiger partial charge in [0.15, 0.2) is 23.3 Å². The summed E-state index contributed by atoms with van der Waals surface area (Å²) in [6.45, 7) is 0. The lowest BCUT2D eigenvalue weighted by Crippen LogP contribution is -2.07. The van der Waals surface area contributed by atoms with Gasteiger partial charge >= 0.3 is 0 Å². The summed E-state index contributed by atoms with van der Waals surface area (Å²) >= 11 is 3.47. The molecule has 0 saturated heterocycles. The Morgan fingerprint density at radius 1 is 0.857 bits per heavy atom. The number of aromatic nitrogens is 2. The monoisotopic (exact) mass is 444 g/mol. The molecule has 1 aromatic heterocycles. The topological polar surface area (TPSA) is 55.0 Å². The van der Waals surface area contributed by atoms with E-state index in [-0.39, 0.29) is 11.5 Å². The molecule has 0 fully saturated rings. The summed E-state index contributed by atoms with van der Waals surface area (Å²) < 4.78 is 42.8. The minimum absolute atomic E-state index is 0.0645. The van der Waals surface area contributed by atoms with Crippen molar-refractivity contribution in [3.05, 3.63) is 78.1 Å². The number of benzene rings is 3. The zero-order valence-electron chi connectivity index (χ0n) is 14.2. The van der Waals surface area contributed by atoms with Crippen molar-refractivity contribution >= 4 is 44.5 Å². The van der Waals surface area contributed by atoms with Gasteiger partial charge in [-0.1, -0.05) is 24.3 Å². The Bertz CT molecular complexity index is 1190. The lowest BCUT2D eigenvalue weighted by Gasteiger charge is -2.18. The average Bonchev–Trinajstić information content (AvgIpc) is 2.71. The number of halogens is 4. The van der Waals surface area contributed by atoms with Crippen LogP contribution in [0.1, 0.15) is 0 Å². The first-order valence-electron chi connectivity index (χ1n) is 8.18. The van der Waals surface area contributed by atoms with E-state index >= 15 is 0 Å². The third kappa shape index (κ3) is 3.16. The molecule has 0 saturated carbocycles. The maximum Gasteiger partial charge on any atom is 0.222 e. The van der Waals surface area contributed by atoms with Crippen LogP contribution in [0.2, 0.25) is 0 Å². The second-order valence-corrected chi connectivity index (χ2v) is 6.69. The summed E-state index contributed by atoms with van der Waals surface area (Å²) in [4.78, 5) is 8.48. The maximum atomic E-state index is 14.3. The molecule has 4 aromatic rings. The third-order valence-electron chi connectivity index (χ3n) is 4.21. The van der Waals surface area contributed by atoms with E-state index in [1.807, 2.05) is 30.3 Å². The van der Waals surface area contributed by atoms with E-state index in [0.717, 1.165) is 11.8 Å². The van der Waals surface area contributed by atoms with E-state index in [1.54, 1.807) is 22.1 Å². The number of hydrogen-bond acceptors (Lipinski definition) is 4. The number of para-hydroxylation sites is 1. The minimum Gasteiger partial charge on any atom is -0.368 e. The standard InChI is InChI=1S/C20H12BrF3N4/c21-28(12-4-2-1-3-5-12)19-14-10-11(6-9-16(14)26-20(25)27-19)13-7-8-15(22)18(24)17(13)23/h1-10H,(H2,25,26,27). The van der Waals surface area contributed by atoms with Crippen molar-refractivity contribution in [3.8, 4) is 11.1 Å². The Morgan fingerprint density at radius 3 is 2.36 bits per heavy atom. The molecule has 28 heavy (non-hydrogen) atoms. The summed E-state index contributed by atoms with van der Waals surface area (Å²) in [6.07, 6.45) is 0. The molecule has 0 atom stereocenters. The molecule has 0 amide bonds. The van der Waals surface area contributed by atoms with E-state index < -0.39 is 17.5 Å². The molecule has 1 heterocycles. The van der Waals surface area contributed by atoms with Crippen LogP contribution in [0.15, 0.2) is 60.7 Å². The predicted octanol–water partition coefficient (Wildman–Crippen LogP) is 5.74. The highest BCUT2D eigenvalue weighted by atomic mass is 79.9. The van der Waals surface area contributed by atoms with Crippen LogP contribution in [0.5, 0.6) is 0 Å². The van der Waals surface area contributed by atoms with Gasteiger partial charge in [-0.2, -0.15) is 4.98 Å². The van der Waals surface area contributed by atoms with Gasteiger partial charge in [-0.25, -0.2) is 18.2 Å².